The van der Waals surface area contributed by atoms with E-state index in [9.17, 15) is 9.59 Å². The zero-order valence-corrected chi connectivity index (χ0v) is 24.8. The van der Waals surface area contributed by atoms with E-state index in [-0.39, 0.29) is 56.9 Å². The summed E-state index contributed by atoms with van der Waals surface area (Å²) in [7, 11) is 0. The first-order valence-corrected chi connectivity index (χ1v) is 12.4. The van der Waals surface area contributed by atoms with Crippen molar-refractivity contribution in [2.75, 3.05) is 0 Å². The van der Waals surface area contributed by atoms with Crippen LogP contribution >= 0.6 is 0 Å². The minimum absolute atomic E-state index is 0. The fourth-order valence-electron chi connectivity index (χ4n) is 4.83. The first kappa shape index (κ1) is 27.2. The Morgan fingerprint density at radius 1 is 0.897 bits per heavy atom. The van der Waals surface area contributed by atoms with E-state index in [2.05, 4.69) is 27.1 Å². The summed E-state index contributed by atoms with van der Waals surface area (Å²) in [6.07, 6.45) is 3.53. The monoisotopic (exact) mass is 543 g/mol. The second-order valence-corrected chi connectivity index (χ2v) is 8.99. The maximum Gasteiger partial charge on any atom is 0.439 e. The zero-order valence-electron chi connectivity index (χ0n) is 21.7. The van der Waals surface area contributed by atoms with Crippen LogP contribution in [0.1, 0.15) is 30.2 Å². The molecule has 3 heterocycles. The number of rotatable bonds is 7. The molecule has 9 nitrogen and oxygen atoms in total. The summed E-state index contributed by atoms with van der Waals surface area (Å²) in [5.74, 6) is 0.284. The molecule has 0 aliphatic carbocycles. The third kappa shape index (κ3) is 5.26. The summed E-state index contributed by atoms with van der Waals surface area (Å²) >= 11 is 0. The molecule has 3 aromatic heterocycles. The minimum Gasteiger partial charge on any atom is -0.296 e. The number of nitrogens with one attached hydrogen (secondary N) is 1. The Morgan fingerprint density at radius 2 is 1.62 bits per heavy atom. The summed E-state index contributed by atoms with van der Waals surface area (Å²) in [6, 6.07) is 25.2. The molecule has 0 saturated heterocycles. The summed E-state index contributed by atoms with van der Waals surface area (Å²) in [6.45, 7) is 2.09. The summed E-state index contributed by atoms with van der Waals surface area (Å²) in [5, 5.41) is 8.31. The standard InChI is InChI=1S/C29H24N6O3.K/c1-2-8-25-24(27(36)34(21-9-4-3-5-10-21)28-30-18-31-35(25)28)17-19-13-15-20(16-14-19)22-11-6-7-12-23(22)26-32-29(37)38-33-26;/h3-7,9-16,18H,2,8,17H2,1H3,(H,32,33,37);. The van der Waals surface area contributed by atoms with Crippen molar-refractivity contribution >= 4 is 57.2 Å². The van der Waals surface area contributed by atoms with Gasteiger partial charge in [0.15, 0.2) is 5.82 Å². The molecular weight excluding hydrogens is 519 g/mol. The summed E-state index contributed by atoms with van der Waals surface area (Å²) in [4.78, 5) is 32.4. The molecule has 1 N–H and O–H groups in total. The van der Waals surface area contributed by atoms with Crippen molar-refractivity contribution in [3.8, 4) is 28.2 Å². The third-order valence-electron chi connectivity index (χ3n) is 6.56. The molecule has 0 aliphatic rings. The van der Waals surface area contributed by atoms with Crippen molar-refractivity contribution in [1.82, 2.24) is 29.3 Å². The van der Waals surface area contributed by atoms with Crippen molar-refractivity contribution in [2.45, 2.75) is 26.2 Å². The molecule has 0 bridgehead atoms. The molecular formula is C29H24KN6O3. The molecule has 0 unspecified atom stereocenters. The van der Waals surface area contributed by atoms with Crippen molar-refractivity contribution in [3.05, 3.63) is 123 Å². The van der Waals surface area contributed by atoms with E-state index in [1.165, 1.54) is 6.33 Å². The quantitative estimate of drug-likeness (QED) is 0.304. The van der Waals surface area contributed by atoms with Gasteiger partial charge in [-0.1, -0.05) is 85.2 Å². The van der Waals surface area contributed by atoms with Gasteiger partial charge in [-0.3, -0.25) is 14.3 Å². The number of aromatic nitrogens is 6. The Kier molecular flexibility index (Phi) is 8.19. The van der Waals surface area contributed by atoms with E-state index >= 15 is 0 Å². The van der Waals surface area contributed by atoms with Gasteiger partial charge in [-0.15, -0.1) is 0 Å². The van der Waals surface area contributed by atoms with E-state index in [1.807, 2.05) is 78.9 Å². The Bertz CT molecular complexity index is 1850. The van der Waals surface area contributed by atoms with E-state index < -0.39 is 5.76 Å². The normalized spacial score (nSPS) is 11.0. The fraction of sp³-hybridized carbons (Fsp3) is 0.138. The SMILES string of the molecule is CCCc1c(Cc2ccc(-c3ccccc3-c3noc(=O)[nH]3)cc2)c(=O)n(-c2ccccc2)c2ncnn12.[K]. The maximum atomic E-state index is 13.9. The first-order valence-electron chi connectivity index (χ1n) is 12.4. The van der Waals surface area contributed by atoms with Gasteiger partial charge >= 0.3 is 5.76 Å². The molecule has 3 aromatic carbocycles. The molecule has 0 spiro atoms. The molecule has 0 aliphatic heterocycles. The number of nitrogens with zero attached hydrogens (tertiary/aromatic N) is 5. The van der Waals surface area contributed by atoms with Crippen molar-refractivity contribution in [1.29, 1.82) is 0 Å². The van der Waals surface area contributed by atoms with Gasteiger partial charge in [0, 0.05) is 68.9 Å². The molecule has 0 amide bonds. The van der Waals surface area contributed by atoms with Crippen LogP contribution in [0.15, 0.2) is 99.3 Å². The van der Waals surface area contributed by atoms with Crippen LogP contribution in [0.25, 0.3) is 34.0 Å². The van der Waals surface area contributed by atoms with Crippen LogP contribution in [-0.2, 0) is 12.8 Å². The van der Waals surface area contributed by atoms with E-state index in [0.29, 0.717) is 30.0 Å². The molecule has 39 heavy (non-hydrogen) atoms. The van der Waals surface area contributed by atoms with Crippen LogP contribution in [0.2, 0.25) is 0 Å². The average Bonchev–Trinajstić information content (AvgIpc) is 3.61. The van der Waals surface area contributed by atoms with Crippen molar-refractivity contribution < 1.29 is 4.52 Å². The number of aryl methyl sites for hydroxylation is 1. The van der Waals surface area contributed by atoms with Crippen molar-refractivity contribution in [3.63, 3.8) is 0 Å². The summed E-state index contributed by atoms with van der Waals surface area (Å²) in [5.41, 5.74) is 5.85. The van der Waals surface area contributed by atoms with E-state index in [4.69, 9.17) is 4.52 Å². The molecule has 0 saturated carbocycles. The van der Waals surface area contributed by atoms with Gasteiger partial charge in [-0.2, -0.15) is 10.1 Å². The number of hydrogen-bond donors (Lipinski definition) is 1. The van der Waals surface area contributed by atoms with E-state index in [0.717, 1.165) is 40.1 Å². The van der Waals surface area contributed by atoms with Gasteiger partial charge in [-0.25, -0.2) is 13.9 Å². The Hall–Kier alpha value is -3.41. The van der Waals surface area contributed by atoms with Gasteiger partial charge in [0.1, 0.15) is 6.33 Å². The molecule has 0 atom stereocenters. The smallest absolute Gasteiger partial charge is 0.296 e. The second kappa shape index (κ2) is 11.8. The van der Waals surface area contributed by atoms with Gasteiger partial charge < -0.3 is 0 Å². The Morgan fingerprint density at radius 3 is 2.31 bits per heavy atom. The predicted octanol–water partition coefficient (Wildman–Crippen LogP) is 4.05. The number of para-hydroxylation sites is 1. The van der Waals surface area contributed by atoms with Crippen LogP contribution in [0, 0.1) is 0 Å². The number of H-pyrrole nitrogens is 1. The third-order valence-corrected chi connectivity index (χ3v) is 6.56. The first-order chi connectivity index (χ1) is 18.6. The fourth-order valence-corrected chi connectivity index (χ4v) is 4.83. The molecule has 6 aromatic rings. The van der Waals surface area contributed by atoms with Crippen LogP contribution in [0.4, 0.5) is 0 Å². The number of hydrogen-bond acceptors (Lipinski definition) is 6. The topological polar surface area (TPSA) is 111 Å². The maximum absolute atomic E-state index is 13.9. The minimum atomic E-state index is -0.599. The molecule has 10 heteroatoms. The van der Waals surface area contributed by atoms with E-state index in [1.54, 1.807) is 9.08 Å². The summed E-state index contributed by atoms with van der Waals surface area (Å²) < 4.78 is 8.12. The van der Waals surface area contributed by atoms with Crippen molar-refractivity contribution in [2.24, 2.45) is 0 Å². The number of benzene rings is 3. The second-order valence-electron chi connectivity index (χ2n) is 8.99. The van der Waals surface area contributed by atoms with Crippen LogP contribution in [0.5, 0.6) is 0 Å². The number of fused-ring (bicyclic) bond motifs is 1. The van der Waals surface area contributed by atoms with Crippen LogP contribution in [0.3, 0.4) is 0 Å². The Balaban J connectivity index is 0.00000308. The van der Waals surface area contributed by atoms with Gasteiger partial charge in [0.05, 0.1) is 11.4 Å². The predicted molar refractivity (Wildman–Crippen MR) is 149 cm³/mol. The van der Waals surface area contributed by atoms with Crippen LogP contribution in [-0.4, -0.2) is 80.7 Å². The van der Waals surface area contributed by atoms with Gasteiger partial charge in [-0.05, 0) is 35.2 Å². The molecule has 0 fully saturated rings. The molecule has 1 radical (unpaired) electrons. The molecule has 189 valence electrons. The zero-order chi connectivity index (χ0) is 26.1. The largest absolute Gasteiger partial charge is 0.439 e. The van der Waals surface area contributed by atoms with Gasteiger partial charge in [0.2, 0.25) is 5.78 Å². The average molecular weight is 544 g/mol. The number of aromatic amines is 1. The molecule has 6 rings (SSSR count). The van der Waals surface area contributed by atoms with Crippen LogP contribution < -0.4 is 11.3 Å². The van der Waals surface area contributed by atoms with Gasteiger partial charge in [0.25, 0.3) is 5.56 Å². The Labute approximate surface area is 266 Å².